The molecule has 5 heteroatoms. The largest absolute Gasteiger partial charge is 0.508 e. The first-order valence-electron chi connectivity index (χ1n) is 5.32. The van der Waals surface area contributed by atoms with Crippen molar-refractivity contribution >= 4 is 17.4 Å². The van der Waals surface area contributed by atoms with Gasteiger partial charge in [0.25, 0.3) is 0 Å². The molecule has 90 valence electrons. The number of carbonyl (C=O) groups is 1. The van der Waals surface area contributed by atoms with E-state index in [0.29, 0.717) is 6.42 Å². The van der Waals surface area contributed by atoms with Crippen LogP contribution in [0, 0.1) is 0 Å². The van der Waals surface area contributed by atoms with Crippen molar-refractivity contribution in [1.82, 2.24) is 0 Å². The van der Waals surface area contributed by atoms with Crippen molar-refractivity contribution < 1.29 is 14.6 Å². The van der Waals surface area contributed by atoms with Crippen molar-refractivity contribution in [2.24, 2.45) is 5.10 Å². The van der Waals surface area contributed by atoms with Crippen LogP contribution in [0.3, 0.4) is 0 Å². The van der Waals surface area contributed by atoms with Crippen LogP contribution in [0.4, 0.5) is 5.69 Å². The molecule has 1 atom stereocenters. The number of rotatable bonds is 2. The molecular formula is C12H14N2O3. The monoisotopic (exact) mass is 234 g/mol. The highest BCUT2D eigenvalue weighted by Gasteiger charge is 2.32. The third kappa shape index (κ3) is 2.22. The van der Waals surface area contributed by atoms with E-state index in [1.807, 2.05) is 6.92 Å². The molecule has 0 aromatic heterocycles. The summed E-state index contributed by atoms with van der Waals surface area (Å²) < 4.78 is 4.75. The minimum atomic E-state index is -0.412. The van der Waals surface area contributed by atoms with Gasteiger partial charge in [-0.25, -0.2) is 4.79 Å². The van der Waals surface area contributed by atoms with Crippen LogP contribution in [0.25, 0.3) is 0 Å². The van der Waals surface area contributed by atoms with Crippen molar-refractivity contribution in [2.45, 2.75) is 19.4 Å². The van der Waals surface area contributed by atoms with Crippen molar-refractivity contribution in [3.63, 3.8) is 0 Å². The summed E-state index contributed by atoms with van der Waals surface area (Å²) in [4.78, 5) is 11.6. The molecule has 0 radical (unpaired) electrons. The van der Waals surface area contributed by atoms with Gasteiger partial charge in [0.1, 0.15) is 5.75 Å². The van der Waals surface area contributed by atoms with Gasteiger partial charge in [-0.15, -0.1) is 0 Å². The maximum atomic E-state index is 11.6. The second kappa shape index (κ2) is 4.45. The van der Waals surface area contributed by atoms with Crippen LogP contribution < -0.4 is 5.01 Å². The predicted octanol–water partition coefficient (Wildman–Crippen LogP) is 1.52. The van der Waals surface area contributed by atoms with Crippen LogP contribution in [0.5, 0.6) is 5.75 Å². The number of methoxy groups -OCH3 is 1. The molecule has 0 saturated heterocycles. The number of ether oxygens (including phenoxy) is 1. The van der Waals surface area contributed by atoms with E-state index in [2.05, 4.69) is 5.10 Å². The Labute approximate surface area is 99.3 Å². The topological polar surface area (TPSA) is 62.1 Å². The third-order valence-electron chi connectivity index (χ3n) is 2.65. The maximum Gasteiger partial charge on any atom is 0.331 e. The molecule has 1 unspecified atom stereocenters. The summed E-state index contributed by atoms with van der Waals surface area (Å²) in [6, 6.07) is 6.14. The maximum absolute atomic E-state index is 11.6. The first-order valence-corrected chi connectivity index (χ1v) is 5.32. The number of carbonyl (C=O) groups excluding carboxylic acids is 1. The Morgan fingerprint density at radius 1 is 1.47 bits per heavy atom. The first kappa shape index (κ1) is 11.4. The number of anilines is 1. The fourth-order valence-electron chi connectivity index (χ4n) is 1.82. The quantitative estimate of drug-likeness (QED) is 0.788. The van der Waals surface area contributed by atoms with Crippen molar-refractivity contribution in [3.8, 4) is 5.75 Å². The standard InChI is InChI=1S/C12H14N2O3/c1-8-7-11(12(16)17-2)14(13-8)9-3-5-10(15)6-4-9/h3-6,11,15H,7H2,1-2H3. The van der Waals surface area contributed by atoms with Gasteiger partial charge in [-0.3, -0.25) is 5.01 Å². The third-order valence-corrected chi connectivity index (χ3v) is 2.65. The Balaban J connectivity index is 2.28. The Hall–Kier alpha value is -2.04. The van der Waals surface area contributed by atoms with E-state index in [0.717, 1.165) is 11.4 Å². The van der Waals surface area contributed by atoms with Gasteiger partial charge in [0.2, 0.25) is 0 Å². The lowest BCUT2D eigenvalue weighted by Crippen LogP contribution is -2.35. The van der Waals surface area contributed by atoms with Gasteiger partial charge in [0, 0.05) is 12.1 Å². The zero-order valence-corrected chi connectivity index (χ0v) is 9.75. The zero-order valence-electron chi connectivity index (χ0n) is 9.75. The van der Waals surface area contributed by atoms with Gasteiger partial charge in [0.15, 0.2) is 6.04 Å². The molecule has 0 saturated carbocycles. The van der Waals surface area contributed by atoms with Crippen LogP contribution in [0.15, 0.2) is 29.4 Å². The lowest BCUT2D eigenvalue weighted by atomic mass is 10.1. The summed E-state index contributed by atoms with van der Waals surface area (Å²) in [6.45, 7) is 1.87. The average molecular weight is 234 g/mol. The van der Waals surface area contributed by atoms with Crippen LogP contribution in [-0.2, 0) is 9.53 Å². The average Bonchev–Trinajstić information content (AvgIpc) is 2.71. The summed E-state index contributed by atoms with van der Waals surface area (Å²) >= 11 is 0. The molecule has 0 aliphatic carbocycles. The summed E-state index contributed by atoms with van der Waals surface area (Å²) in [5.41, 5.74) is 1.64. The van der Waals surface area contributed by atoms with Crippen LogP contribution in [-0.4, -0.2) is 29.9 Å². The minimum Gasteiger partial charge on any atom is -0.508 e. The Bertz CT molecular complexity index is 453. The molecule has 2 rings (SSSR count). The molecule has 0 fully saturated rings. The number of hydrogen-bond donors (Lipinski definition) is 1. The van der Waals surface area contributed by atoms with E-state index < -0.39 is 6.04 Å². The molecule has 0 bridgehead atoms. The van der Waals surface area contributed by atoms with Crippen molar-refractivity contribution in [2.75, 3.05) is 12.1 Å². The molecule has 1 aliphatic heterocycles. The molecule has 1 N–H and O–H groups in total. The van der Waals surface area contributed by atoms with E-state index in [1.165, 1.54) is 7.11 Å². The summed E-state index contributed by atoms with van der Waals surface area (Å²) in [5, 5.41) is 15.2. The number of hydrazone groups is 1. The number of phenolic OH excluding ortho intramolecular Hbond substituents is 1. The molecule has 0 amide bonds. The Kier molecular flexibility index (Phi) is 2.99. The molecule has 1 heterocycles. The molecule has 1 aliphatic rings. The number of phenols is 1. The fourth-order valence-corrected chi connectivity index (χ4v) is 1.82. The smallest absolute Gasteiger partial charge is 0.331 e. The predicted molar refractivity (Wildman–Crippen MR) is 64.1 cm³/mol. The van der Waals surface area contributed by atoms with Gasteiger partial charge in [-0.2, -0.15) is 5.10 Å². The zero-order chi connectivity index (χ0) is 12.4. The number of hydrogen-bond acceptors (Lipinski definition) is 5. The second-order valence-corrected chi connectivity index (χ2v) is 3.94. The number of benzene rings is 1. The minimum absolute atomic E-state index is 0.184. The number of esters is 1. The van der Waals surface area contributed by atoms with Crippen LogP contribution in [0.2, 0.25) is 0 Å². The highest BCUT2D eigenvalue weighted by atomic mass is 16.5. The van der Waals surface area contributed by atoms with Crippen molar-refractivity contribution in [3.05, 3.63) is 24.3 Å². The fraction of sp³-hybridized carbons (Fsp3) is 0.333. The van der Waals surface area contributed by atoms with E-state index in [1.54, 1.807) is 29.3 Å². The van der Waals surface area contributed by atoms with Gasteiger partial charge < -0.3 is 9.84 Å². The normalized spacial score (nSPS) is 19.1. The Morgan fingerprint density at radius 2 is 2.12 bits per heavy atom. The lowest BCUT2D eigenvalue weighted by Gasteiger charge is -2.21. The Morgan fingerprint density at radius 3 is 2.71 bits per heavy atom. The van der Waals surface area contributed by atoms with E-state index in [9.17, 15) is 9.90 Å². The van der Waals surface area contributed by atoms with Crippen LogP contribution >= 0.6 is 0 Å². The molecule has 17 heavy (non-hydrogen) atoms. The molecule has 5 nitrogen and oxygen atoms in total. The highest BCUT2D eigenvalue weighted by Crippen LogP contribution is 2.26. The summed E-state index contributed by atoms with van der Waals surface area (Å²) in [5.74, 6) is -0.123. The summed E-state index contributed by atoms with van der Waals surface area (Å²) in [7, 11) is 1.37. The number of aromatic hydroxyl groups is 1. The van der Waals surface area contributed by atoms with Gasteiger partial charge in [-0.1, -0.05) is 0 Å². The van der Waals surface area contributed by atoms with Gasteiger partial charge in [-0.05, 0) is 31.2 Å². The van der Waals surface area contributed by atoms with Crippen LogP contribution in [0.1, 0.15) is 13.3 Å². The SMILES string of the molecule is COC(=O)C1CC(C)=NN1c1ccc(O)cc1. The summed E-state index contributed by atoms with van der Waals surface area (Å²) in [6.07, 6.45) is 0.563. The first-order chi connectivity index (χ1) is 8.11. The molecular weight excluding hydrogens is 220 g/mol. The molecule has 0 spiro atoms. The van der Waals surface area contributed by atoms with E-state index in [-0.39, 0.29) is 11.7 Å². The van der Waals surface area contributed by atoms with E-state index in [4.69, 9.17) is 4.74 Å². The van der Waals surface area contributed by atoms with E-state index >= 15 is 0 Å². The molecule has 1 aromatic rings. The highest BCUT2D eigenvalue weighted by molar-refractivity contribution is 5.94. The number of nitrogens with zero attached hydrogens (tertiary/aromatic N) is 2. The van der Waals surface area contributed by atoms with Crippen molar-refractivity contribution in [1.29, 1.82) is 0 Å². The van der Waals surface area contributed by atoms with Gasteiger partial charge in [0.05, 0.1) is 12.8 Å². The van der Waals surface area contributed by atoms with Gasteiger partial charge >= 0.3 is 5.97 Å². The lowest BCUT2D eigenvalue weighted by molar-refractivity contribution is -0.141. The molecule has 1 aromatic carbocycles. The second-order valence-electron chi connectivity index (χ2n) is 3.94.